The molecule has 34 heavy (non-hydrogen) atoms. The summed E-state index contributed by atoms with van der Waals surface area (Å²) in [5.41, 5.74) is 8.44. The van der Waals surface area contributed by atoms with Gasteiger partial charge in [-0.15, -0.1) is 11.3 Å². The van der Waals surface area contributed by atoms with Crippen LogP contribution in [-0.2, 0) is 22.4 Å². The Morgan fingerprint density at radius 2 is 1.94 bits per heavy atom. The third kappa shape index (κ3) is 4.90. The Kier molecular flexibility index (Phi) is 6.74. The van der Waals surface area contributed by atoms with Gasteiger partial charge in [0.05, 0.1) is 11.1 Å². The number of rotatable bonds is 5. The number of piperidine rings is 1. The van der Waals surface area contributed by atoms with E-state index in [-0.39, 0.29) is 23.5 Å². The number of aryl methyl sites for hydroxylation is 1. The van der Waals surface area contributed by atoms with Crippen LogP contribution in [0.3, 0.4) is 0 Å². The van der Waals surface area contributed by atoms with E-state index < -0.39 is 0 Å². The number of nitrogens with zero attached hydrogens (tertiary/aromatic N) is 3. The lowest BCUT2D eigenvalue weighted by molar-refractivity contribution is -0.132. The lowest BCUT2D eigenvalue weighted by Crippen LogP contribution is -2.42. The number of amides is 2. The third-order valence-electron chi connectivity index (χ3n) is 6.75. The first-order valence-electron chi connectivity index (χ1n) is 11.8. The molecule has 1 saturated heterocycles. The predicted octanol–water partition coefficient (Wildman–Crippen LogP) is 4.37. The molecule has 0 saturated carbocycles. The SMILES string of the molecule is C[C@H]1CCc2c(sc3nc(SCC(=O)N4CCC(C(=O)Nc5ccccc5)CC4)nc(N)c23)C1. The average Bonchev–Trinajstić information content (AvgIpc) is 3.21. The Balaban J connectivity index is 1.15. The first kappa shape index (κ1) is 23.1. The molecule has 5 rings (SSSR count). The topological polar surface area (TPSA) is 101 Å². The zero-order valence-corrected chi connectivity index (χ0v) is 20.9. The van der Waals surface area contributed by atoms with Crippen molar-refractivity contribution in [1.29, 1.82) is 0 Å². The van der Waals surface area contributed by atoms with Crippen LogP contribution < -0.4 is 11.1 Å². The summed E-state index contributed by atoms with van der Waals surface area (Å²) in [6.45, 7) is 3.46. The zero-order valence-electron chi connectivity index (χ0n) is 19.3. The highest BCUT2D eigenvalue weighted by Crippen LogP contribution is 2.40. The van der Waals surface area contributed by atoms with Crippen molar-refractivity contribution in [2.45, 2.75) is 44.2 Å². The highest BCUT2D eigenvalue weighted by molar-refractivity contribution is 7.99. The van der Waals surface area contributed by atoms with Crippen molar-refractivity contribution >= 4 is 56.6 Å². The van der Waals surface area contributed by atoms with Gasteiger partial charge < -0.3 is 16.0 Å². The number of nitrogens with two attached hydrogens (primary N) is 1. The highest BCUT2D eigenvalue weighted by Gasteiger charge is 2.28. The summed E-state index contributed by atoms with van der Waals surface area (Å²) >= 11 is 3.06. The highest BCUT2D eigenvalue weighted by atomic mass is 32.2. The fourth-order valence-electron chi connectivity index (χ4n) is 4.79. The van der Waals surface area contributed by atoms with E-state index in [4.69, 9.17) is 10.7 Å². The number of para-hydroxylation sites is 1. The lowest BCUT2D eigenvalue weighted by Gasteiger charge is -2.31. The molecule has 1 atom stereocenters. The van der Waals surface area contributed by atoms with Crippen molar-refractivity contribution < 1.29 is 9.59 Å². The second-order valence-electron chi connectivity index (χ2n) is 9.22. The standard InChI is InChI=1S/C25H29N5O2S2/c1-15-7-8-18-19(13-15)34-24-21(18)22(26)28-25(29-24)33-14-20(31)30-11-9-16(10-12-30)23(32)27-17-5-3-2-4-6-17/h2-6,15-16H,7-14H2,1H3,(H,27,32)(H2,26,28,29)/t15-/m0/s1. The number of hydrogen-bond donors (Lipinski definition) is 2. The number of likely N-dealkylation sites (tertiary alicyclic amines) is 1. The Morgan fingerprint density at radius 1 is 1.18 bits per heavy atom. The van der Waals surface area contributed by atoms with Gasteiger partial charge in [-0.3, -0.25) is 9.59 Å². The molecule has 1 fully saturated rings. The van der Waals surface area contributed by atoms with Crippen LogP contribution in [0, 0.1) is 11.8 Å². The van der Waals surface area contributed by atoms with Crippen molar-refractivity contribution in [3.8, 4) is 0 Å². The monoisotopic (exact) mass is 495 g/mol. The summed E-state index contributed by atoms with van der Waals surface area (Å²) in [5, 5.41) is 4.54. The van der Waals surface area contributed by atoms with Gasteiger partial charge in [-0.2, -0.15) is 0 Å². The Bertz CT molecular complexity index is 1200. The van der Waals surface area contributed by atoms with Gasteiger partial charge >= 0.3 is 0 Å². The molecular formula is C25H29N5O2S2. The fourth-order valence-corrected chi connectivity index (χ4v) is 6.99. The number of anilines is 2. The van der Waals surface area contributed by atoms with E-state index in [9.17, 15) is 9.59 Å². The Hall–Kier alpha value is -2.65. The summed E-state index contributed by atoms with van der Waals surface area (Å²) in [6.07, 6.45) is 4.63. The van der Waals surface area contributed by atoms with Gasteiger partial charge in [0.15, 0.2) is 5.16 Å². The number of thiophene rings is 1. The van der Waals surface area contributed by atoms with Crippen LogP contribution >= 0.6 is 23.1 Å². The molecule has 9 heteroatoms. The summed E-state index contributed by atoms with van der Waals surface area (Å²) in [4.78, 5) is 38.7. The number of carbonyl (C=O) groups is 2. The maximum absolute atomic E-state index is 12.8. The van der Waals surface area contributed by atoms with Crippen molar-refractivity contribution in [2.24, 2.45) is 11.8 Å². The van der Waals surface area contributed by atoms with Crippen LogP contribution in [0.25, 0.3) is 10.2 Å². The van der Waals surface area contributed by atoms with Gasteiger partial charge in [-0.25, -0.2) is 9.97 Å². The van der Waals surface area contributed by atoms with Crippen molar-refractivity contribution in [1.82, 2.24) is 14.9 Å². The smallest absolute Gasteiger partial charge is 0.233 e. The lowest BCUT2D eigenvalue weighted by atomic mass is 9.89. The number of benzene rings is 1. The van der Waals surface area contributed by atoms with Gasteiger partial charge in [-0.05, 0) is 55.7 Å². The largest absolute Gasteiger partial charge is 0.383 e. The number of fused-ring (bicyclic) bond motifs is 3. The number of carbonyl (C=O) groups excluding carboxylic acids is 2. The van der Waals surface area contributed by atoms with Crippen molar-refractivity contribution in [3.05, 3.63) is 40.8 Å². The summed E-state index contributed by atoms with van der Waals surface area (Å²) in [7, 11) is 0. The third-order valence-corrected chi connectivity index (χ3v) is 8.73. The molecule has 1 aliphatic carbocycles. The maximum Gasteiger partial charge on any atom is 0.233 e. The number of hydrogen-bond acceptors (Lipinski definition) is 7. The molecule has 1 aromatic carbocycles. The maximum atomic E-state index is 12.8. The first-order chi connectivity index (χ1) is 16.5. The van der Waals surface area contributed by atoms with E-state index in [0.29, 0.717) is 42.8 Å². The second-order valence-corrected chi connectivity index (χ2v) is 11.2. The molecular weight excluding hydrogens is 466 g/mol. The normalized spacial score (nSPS) is 18.6. The van der Waals surface area contributed by atoms with Gasteiger partial charge in [-0.1, -0.05) is 36.9 Å². The molecule has 2 aromatic heterocycles. The second kappa shape index (κ2) is 9.92. The average molecular weight is 496 g/mol. The molecule has 3 N–H and O–H groups in total. The van der Waals surface area contributed by atoms with E-state index in [0.717, 1.165) is 28.7 Å². The van der Waals surface area contributed by atoms with E-state index in [1.165, 1.54) is 28.6 Å². The molecule has 0 bridgehead atoms. The molecule has 0 spiro atoms. The molecule has 0 radical (unpaired) electrons. The molecule has 0 unspecified atom stereocenters. The van der Waals surface area contributed by atoms with Crippen LogP contribution in [0.1, 0.15) is 36.6 Å². The molecule has 3 aromatic rings. The summed E-state index contributed by atoms with van der Waals surface area (Å²) < 4.78 is 0. The molecule has 1 aliphatic heterocycles. The Labute approximate surface area is 207 Å². The van der Waals surface area contributed by atoms with Crippen molar-refractivity contribution in [2.75, 3.05) is 29.9 Å². The van der Waals surface area contributed by atoms with Crippen molar-refractivity contribution in [3.63, 3.8) is 0 Å². The quantitative estimate of drug-likeness (QED) is 0.403. The Morgan fingerprint density at radius 3 is 2.71 bits per heavy atom. The van der Waals surface area contributed by atoms with Crippen LogP contribution in [-0.4, -0.2) is 45.5 Å². The molecule has 7 nitrogen and oxygen atoms in total. The molecule has 2 aliphatic rings. The molecule has 3 heterocycles. The van der Waals surface area contributed by atoms with Gasteiger partial charge in [0.2, 0.25) is 11.8 Å². The summed E-state index contributed by atoms with van der Waals surface area (Å²) in [6, 6.07) is 9.48. The van der Waals surface area contributed by atoms with E-state index >= 15 is 0 Å². The van der Waals surface area contributed by atoms with Crippen LogP contribution in [0.5, 0.6) is 0 Å². The van der Waals surface area contributed by atoms with Gasteiger partial charge in [0, 0.05) is 29.6 Å². The van der Waals surface area contributed by atoms with Crippen LogP contribution in [0.4, 0.5) is 11.5 Å². The summed E-state index contributed by atoms with van der Waals surface area (Å²) in [5.74, 6) is 1.49. The van der Waals surface area contributed by atoms with E-state index in [1.807, 2.05) is 35.2 Å². The zero-order chi connectivity index (χ0) is 23.7. The molecule has 178 valence electrons. The minimum Gasteiger partial charge on any atom is -0.383 e. The first-order valence-corrected chi connectivity index (χ1v) is 13.6. The predicted molar refractivity (Wildman–Crippen MR) is 138 cm³/mol. The minimum absolute atomic E-state index is 0.0258. The van der Waals surface area contributed by atoms with Gasteiger partial charge in [0.25, 0.3) is 0 Å². The number of aromatic nitrogens is 2. The van der Waals surface area contributed by atoms with E-state index in [1.54, 1.807) is 11.3 Å². The number of thioether (sulfide) groups is 1. The van der Waals surface area contributed by atoms with Gasteiger partial charge in [0.1, 0.15) is 10.6 Å². The number of nitrogen functional groups attached to an aromatic ring is 1. The fraction of sp³-hybridized carbons (Fsp3) is 0.440. The number of nitrogens with one attached hydrogen (secondary N) is 1. The van der Waals surface area contributed by atoms with Crippen LogP contribution in [0.15, 0.2) is 35.5 Å². The van der Waals surface area contributed by atoms with E-state index in [2.05, 4.69) is 17.2 Å². The minimum atomic E-state index is -0.0740. The van der Waals surface area contributed by atoms with Crippen LogP contribution in [0.2, 0.25) is 0 Å². The molecule has 2 amide bonds.